The van der Waals surface area contributed by atoms with Gasteiger partial charge in [-0.25, -0.2) is 0 Å². The van der Waals surface area contributed by atoms with Gasteiger partial charge >= 0.3 is 0 Å². The van der Waals surface area contributed by atoms with Gasteiger partial charge in [-0.2, -0.15) is 0 Å². The first-order chi connectivity index (χ1) is 31.2. The molecule has 0 radical (unpaired) electrons. The summed E-state index contributed by atoms with van der Waals surface area (Å²) in [6, 6.07) is 83.0. The molecule has 0 aliphatic rings. The Morgan fingerprint density at radius 3 is 0.469 bits per heavy atom. The Hall–Kier alpha value is -7.02. The average Bonchev–Trinajstić information content (AvgIpc) is 3.31. The normalized spacial score (nSPS) is 11.5. The summed E-state index contributed by atoms with van der Waals surface area (Å²) in [6.45, 7) is 13.0. The van der Waals surface area contributed by atoms with Crippen molar-refractivity contribution in [1.82, 2.24) is 0 Å². The van der Waals surface area contributed by atoms with E-state index in [4.69, 9.17) is 0 Å². The number of benzene rings is 9. The van der Waals surface area contributed by atoms with E-state index >= 15 is 0 Å². The summed E-state index contributed by atoms with van der Waals surface area (Å²) in [4.78, 5) is 0. The van der Waals surface area contributed by atoms with E-state index in [9.17, 15) is 0 Å². The molecule has 0 spiro atoms. The predicted octanol–water partition coefficient (Wildman–Crippen LogP) is 16.3. The van der Waals surface area contributed by atoms with Gasteiger partial charge in [0, 0.05) is 23.7 Å². The lowest BCUT2D eigenvalue weighted by molar-refractivity contribution is 0.913. The molecule has 0 bridgehead atoms. The van der Waals surface area contributed by atoms with Crippen molar-refractivity contribution in [2.45, 2.75) is 65.2 Å². The van der Waals surface area contributed by atoms with Gasteiger partial charge in [0.1, 0.15) is 0 Å². The first kappa shape index (κ1) is 42.3. The van der Waals surface area contributed by atoms with E-state index in [-0.39, 0.29) is 23.7 Å². The molecule has 0 amide bonds. The van der Waals surface area contributed by atoms with Crippen molar-refractivity contribution in [2.24, 2.45) is 0 Å². The van der Waals surface area contributed by atoms with E-state index in [0.29, 0.717) is 0 Å². The van der Waals surface area contributed by atoms with Crippen molar-refractivity contribution >= 4 is 0 Å². The van der Waals surface area contributed by atoms with Gasteiger partial charge in [-0.1, -0.05) is 252 Å². The van der Waals surface area contributed by atoms with Gasteiger partial charge in [0.2, 0.25) is 0 Å². The van der Waals surface area contributed by atoms with Gasteiger partial charge in [0.15, 0.2) is 0 Å². The second kappa shape index (κ2) is 18.8. The fourth-order valence-electron chi connectivity index (χ4n) is 9.62. The van der Waals surface area contributed by atoms with Crippen LogP contribution in [0.3, 0.4) is 0 Å². The zero-order chi connectivity index (χ0) is 44.2. The van der Waals surface area contributed by atoms with Gasteiger partial charge in [0.05, 0.1) is 0 Å². The maximum absolute atomic E-state index is 2.49. The third-order valence-corrected chi connectivity index (χ3v) is 13.2. The first-order valence-electron chi connectivity index (χ1n) is 22.9. The van der Waals surface area contributed by atoms with Crippen LogP contribution in [0.25, 0.3) is 0 Å². The van der Waals surface area contributed by atoms with Crippen LogP contribution < -0.4 is 0 Å². The number of rotatable bonds is 12. The highest BCUT2D eigenvalue weighted by Crippen LogP contribution is 2.42. The predicted molar refractivity (Wildman–Crippen MR) is 270 cm³/mol. The highest BCUT2D eigenvalue weighted by molar-refractivity contribution is 5.54. The largest absolute Gasteiger partial charge is 0.0617 e. The highest BCUT2D eigenvalue weighted by Gasteiger charge is 2.26. The van der Waals surface area contributed by atoms with E-state index in [1.807, 2.05) is 0 Å². The molecule has 314 valence electrons. The average molecular weight is 827 g/mol. The minimum absolute atomic E-state index is 0.0371. The molecule has 9 aromatic rings. The zero-order valence-corrected chi connectivity index (χ0v) is 38.1. The summed E-state index contributed by atoms with van der Waals surface area (Å²) in [6.07, 6.45) is 0. The van der Waals surface area contributed by atoms with Crippen molar-refractivity contribution in [1.29, 1.82) is 0 Å². The minimum Gasteiger partial charge on any atom is -0.0617 e. The molecule has 0 saturated heterocycles. The fraction of sp³-hybridized carbons (Fsp3) is 0.156. The van der Waals surface area contributed by atoms with Gasteiger partial charge in [-0.15, -0.1) is 0 Å². The maximum atomic E-state index is 2.49. The van der Waals surface area contributed by atoms with Gasteiger partial charge < -0.3 is 0 Å². The van der Waals surface area contributed by atoms with E-state index in [1.54, 1.807) is 0 Å². The molecule has 64 heavy (non-hydrogen) atoms. The third kappa shape index (κ3) is 9.34. The zero-order valence-electron chi connectivity index (χ0n) is 38.1. The second-order valence-corrected chi connectivity index (χ2v) is 18.2. The molecule has 9 rings (SSSR count). The van der Waals surface area contributed by atoms with Crippen LogP contribution in [-0.4, -0.2) is 0 Å². The van der Waals surface area contributed by atoms with Crippen LogP contribution in [-0.2, 0) is 0 Å². The molecule has 0 unspecified atom stereocenters. The Kier molecular flexibility index (Phi) is 12.4. The van der Waals surface area contributed by atoms with Crippen molar-refractivity contribution in [2.75, 3.05) is 0 Å². The van der Waals surface area contributed by atoms with E-state index < -0.39 is 0 Å². The van der Waals surface area contributed by atoms with Crippen LogP contribution in [0.1, 0.15) is 124 Å². The Balaban J connectivity index is 1.24. The molecule has 0 heterocycles. The van der Waals surface area contributed by atoms with Gasteiger partial charge in [-0.3, -0.25) is 0 Å². The molecule has 0 saturated carbocycles. The number of hydrogen-bond donors (Lipinski definition) is 0. The molecule has 0 heteroatoms. The quantitative estimate of drug-likeness (QED) is 0.108. The highest BCUT2D eigenvalue weighted by atomic mass is 14.3. The molecular weight excluding hydrogens is 769 g/mol. The third-order valence-electron chi connectivity index (χ3n) is 13.2. The summed E-state index contributed by atoms with van der Waals surface area (Å²) in [7, 11) is 0. The molecule has 0 atom stereocenters. The molecule has 0 aromatic heterocycles. The van der Waals surface area contributed by atoms with E-state index in [1.165, 1.54) is 100 Å². The summed E-state index contributed by atoms with van der Waals surface area (Å²) >= 11 is 0. The van der Waals surface area contributed by atoms with Crippen LogP contribution in [0.15, 0.2) is 218 Å². The summed E-state index contributed by atoms with van der Waals surface area (Å²) in [5.41, 5.74) is 23.1. The van der Waals surface area contributed by atoms with Gasteiger partial charge in [-0.05, 0) is 108 Å². The Labute approximate surface area is 382 Å². The Bertz CT molecular complexity index is 2480. The van der Waals surface area contributed by atoms with Crippen LogP contribution in [0.2, 0.25) is 0 Å². The minimum atomic E-state index is -0.0371. The molecular formula is C64H58. The van der Waals surface area contributed by atoms with Crippen molar-refractivity contribution in [3.8, 4) is 0 Å². The topological polar surface area (TPSA) is 0 Å². The van der Waals surface area contributed by atoms with Crippen molar-refractivity contribution in [3.05, 3.63) is 319 Å². The standard InChI is InChI=1S/C64H58/c1-43-16-28-49(29-17-43)61(50-30-18-44(2)19-31-50)55-10-7-13-58(40-55)64(59-14-8-11-56(41-59)62(51-32-20-45(3)21-33-51)52-34-22-46(4)23-35-52)60-15-9-12-57(42-60)63(53-36-24-47(5)25-37-53)54-38-26-48(6)27-39-54/h7-42,61-64H,1-6H3. The van der Waals surface area contributed by atoms with Crippen LogP contribution in [0.4, 0.5) is 0 Å². The molecule has 0 N–H and O–H groups in total. The lowest BCUT2D eigenvalue weighted by Gasteiger charge is -2.26. The maximum Gasteiger partial charge on any atom is 0.0340 e. The van der Waals surface area contributed by atoms with Gasteiger partial charge in [0.25, 0.3) is 0 Å². The lowest BCUT2D eigenvalue weighted by atomic mass is 9.77. The summed E-state index contributed by atoms with van der Waals surface area (Å²) in [5, 5.41) is 0. The van der Waals surface area contributed by atoms with Crippen molar-refractivity contribution in [3.63, 3.8) is 0 Å². The first-order valence-corrected chi connectivity index (χ1v) is 22.9. The second-order valence-electron chi connectivity index (χ2n) is 18.2. The number of aryl methyl sites for hydroxylation is 6. The monoisotopic (exact) mass is 826 g/mol. The van der Waals surface area contributed by atoms with Crippen LogP contribution in [0.5, 0.6) is 0 Å². The Morgan fingerprint density at radius 2 is 0.312 bits per heavy atom. The summed E-state index contributed by atoms with van der Waals surface area (Å²) in [5.74, 6) is 0.211. The van der Waals surface area contributed by atoms with Crippen LogP contribution >= 0.6 is 0 Å². The molecule has 0 fully saturated rings. The fourth-order valence-corrected chi connectivity index (χ4v) is 9.62. The lowest BCUT2D eigenvalue weighted by Crippen LogP contribution is -2.10. The molecule has 0 aliphatic carbocycles. The van der Waals surface area contributed by atoms with Crippen LogP contribution in [0, 0.1) is 41.5 Å². The van der Waals surface area contributed by atoms with E-state index in [0.717, 1.165) is 0 Å². The smallest absolute Gasteiger partial charge is 0.0340 e. The molecule has 0 aliphatic heterocycles. The SMILES string of the molecule is Cc1ccc(C(c2ccc(C)cc2)c2cccc(C(c3cccc(C(c4ccc(C)cc4)c4ccc(C)cc4)c3)c3cccc(C(c4ccc(C)cc4)c4ccc(C)cc4)c3)c2)cc1. The molecule has 9 aromatic carbocycles. The van der Waals surface area contributed by atoms with Crippen molar-refractivity contribution < 1.29 is 0 Å². The summed E-state index contributed by atoms with van der Waals surface area (Å²) < 4.78 is 0. The molecule has 0 nitrogen and oxygen atoms in total. The Morgan fingerprint density at radius 1 is 0.172 bits per heavy atom. The van der Waals surface area contributed by atoms with E-state index in [2.05, 4.69) is 260 Å². The number of hydrogen-bond acceptors (Lipinski definition) is 0.